The molecule has 3 heterocycles. The summed E-state index contributed by atoms with van der Waals surface area (Å²) < 4.78 is 0. The minimum Gasteiger partial charge on any atom is -0.375 e. The molecule has 1 aliphatic rings. The molecule has 0 saturated carbocycles. The molecule has 1 unspecified atom stereocenters. The maximum atomic E-state index is 5.67. The second-order valence-electron chi connectivity index (χ2n) is 4.87. The predicted molar refractivity (Wildman–Crippen MR) is 75.8 cm³/mol. The fraction of sp³-hybridized carbons (Fsp3) is 0.462. The van der Waals surface area contributed by atoms with Crippen LogP contribution >= 0.6 is 11.3 Å². The van der Waals surface area contributed by atoms with Gasteiger partial charge >= 0.3 is 0 Å². The lowest BCUT2D eigenvalue weighted by Crippen LogP contribution is -2.33. The highest BCUT2D eigenvalue weighted by Gasteiger charge is 2.22. The molecule has 2 aromatic rings. The van der Waals surface area contributed by atoms with Gasteiger partial charge in [0.1, 0.15) is 6.33 Å². The first kappa shape index (κ1) is 12.5. The minimum absolute atomic E-state index is 0.516. The first-order chi connectivity index (χ1) is 9.31. The summed E-state index contributed by atoms with van der Waals surface area (Å²) in [4.78, 5) is 16.2. The average molecular weight is 275 g/mol. The van der Waals surface area contributed by atoms with E-state index in [-0.39, 0.29) is 0 Å². The van der Waals surface area contributed by atoms with Crippen LogP contribution in [0.3, 0.4) is 0 Å². The molecule has 6 heteroatoms. The highest BCUT2D eigenvalue weighted by molar-refractivity contribution is 7.15. The standard InChI is InChI=1S/C13H17N5S/c14-13-16-6-11(19-13)8-18-5-1-2-10(7-18)12-3-4-15-9-17-12/h3-4,6,9-10H,1-2,5,7-8H2,(H2,14,16). The third-order valence-corrected chi connectivity index (χ3v) is 4.29. The van der Waals surface area contributed by atoms with Gasteiger partial charge in [-0.2, -0.15) is 0 Å². The summed E-state index contributed by atoms with van der Waals surface area (Å²) >= 11 is 1.58. The lowest BCUT2D eigenvalue weighted by Gasteiger charge is -2.31. The number of nitrogens with zero attached hydrogens (tertiary/aromatic N) is 4. The first-order valence-corrected chi connectivity index (χ1v) is 7.31. The van der Waals surface area contributed by atoms with E-state index in [1.807, 2.05) is 18.5 Å². The summed E-state index contributed by atoms with van der Waals surface area (Å²) in [5.74, 6) is 0.516. The number of likely N-dealkylation sites (tertiary alicyclic amines) is 1. The number of thiazole rings is 1. The molecule has 0 bridgehead atoms. The number of hydrogen-bond acceptors (Lipinski definition) is 6. The molecule has 100 valence electrons. The van der Waals surface area contributed by atoms with Gasteiger partial charge in [-0.05, 0) is 25.5 Å². The monoisotopic (exact) mass is 275 g/mol. The van der Waals surface area contributed by atoms with Crippen molar-refractivity contribution in [1.82, 2.24) is 19.9 Å². The van der Waals surface area contributed by atoms with Gasteiger partial charge in [-0.3, -0.25) is 4.90 Å². The third kappa shape index (κ3) is 3.08. The highest BCUT2D eigenvalue weighted by Crippen LogP contribution is 2.27. The van der Waals surface area contributed by atoms with E-state index >= 15 is 0 Å². The van der Waals surface area contributed by atoms with Gasteiger partial charge in [0, 0.05) is 42.0 Å². The fourth-order valence-electron chi connectivity index (χ4n) is 2.60. The lowest BCUT2D eigenvalue weighted by molar-refractivity contribution is 0.200. The molecule has 19 heavy (non-hydrogen) atoms. The number of nitrogen functional groups attached to an aromatic ring is 1. The Morgan fingerprint density at radius 1 is 1.42 bits per heavy atom. The van der Waals surface area contributed by atoms with Crippen molar-refractivity contribution < 1.29 is 0 Å². The fourth-order valence-corrected chi connectivity index (χ4v) is 3.33. The summed E-state index contributed by atoms with van der Waals surface area (Å²) in [6.45, 7) is 3.13. The number of anilines is 1. The van der Waals surface area contributed by atoms with E-state index in [1.165, 1.54) is 17.7 Å². The Labute approximate surface area is 116 Å². The molecule has 0 aromatic carbocycles. The van der Waals surface area contributed by atoms with Crippen LogP contribution in [0.1, 0.15) is 29.3 Å². The van der Waals surface area contributed by atoms with Gasteiger partial charge in [-0.15, -0.1) is 11.3 Å². The number of rotatable bonds is 3. The molecule has 1 saturated heterocycles. The SMILES string of the molecule is Nc1ncc(CN2CCCC(c3ccncn3)C2)s1. The zero-order valence-electron chi connectivity index (χ0n) is 10.7. The Morgan fingerprint density at radius 2 is 2.37 bits per heavy atom. The number of aromatic nitrogens is 3. The summed E-state index contributed by atoms with van der Waals surface area (Å²) in [5.41, 5.74) is 6.83. The van der Waals surface area contributed by atoms with E-state index in [9.17, 15) is 0 Å². The average Bonchev–Trinajstić information content (AvgIpc) is 2.85. The highest BCUT2D eigenvalue weighted by atomic mass is 32.1. The molecule has 1 fully saturated rings. The molecule has 5 nitrogen and oxygen atoms in total. The van der Waals surface area contributed by atoms with E-state index in [4.69, 9.17) is 5.73 Å². The molecule has 0 aliphatic carbocycles. The molecule has 1 aliphatic heterocycles. The second kappa shape index (κ2) is 5.63. The van der Waals surface area contributed by atoms with Crippen LogP contribution in [-0.2, 0) is 6.54 Å². The van der Waals surface area contributed by atoms with Crippen molar-refractivity contribution in [2.75, 3.05) is 18.8 Å². The normalized spacial score (nSPS) is 20.5. The van der Waals surface area contributed by atoms with E-state index in [0.29, 0.717) is 11.0 Å². The van der Waals surface area contributed by atoms with Crippen LogP contribution in [0, 0.1) is 0 Å². The van der Waals surface area contributed by atoms with Gasteiger partial charge < -0.3 is 5.73 Å². The van der Waals surface area contributed by atoms with Crippen molar-refractivity contribution in [3.8, 4) is 0 Å². The van der Waals surface area contributed by atoms with Gasteiger partial charge in [0.2, 0.25) is 0 Å². The zero-order valence-corrected chi connectivity index (χ0v) is 11.5. The molecule has 0 spiro atoms. The maximum Gasteiger partial charge on any atom is 0.180 e. The van der Waals surface area contributed by atoms with Crippen LogP contribution in [0.25, 0.3) is 0 Å². The van der Waals surface area contributed by atoms with E-state index in [0.717, 1.165) is 25.3 Å². The maximum absolute atomic E-state index is 5.67. The molecule has 0 amide bonds. The third-order valence-electron chi connectivity index (χ3n) is 3.48. The van der Waals surface area contributed by atoms with Gasteiger partial charge in [0.05, 0.1) is 0 Å². The molecule has 2 N–H and O–H groups in total. The Balaban J connectivity index is 1.65. The summed E-state index contributed by atoms with van der Waals surface area (Å²) in [7, 11) is 0. The van der Waals surface area contributed by atoms with Crippen molar-refractivity contribution in [2.24, 2.45) is 0 Å². The van der Waals surface area contributed by atoms with Gasteiger partial charge in [-0.1, -0.05) is 0 Å². The van der Waals surface area contributed by atoms with Crippen LogP contribution in [-0.4, -0.2) is 32.9 Å². The van der Waals surface area contributed by atoms with Crippen molar-refractivity contribution in [3.63, 3.8) is 0 Å². The van der Waals surface area contributed by atoms with Gasteiger partial charge in [0.25, 0.3) is 0 Å². The summed E-state index contributed by atoms with van der Waals surface area (Å²) in [6, 6.07) is 2.03. The van der Waals surface area contributed by atoms with E-state index in [2.05, 4.69) is 19.9 Å². The van der Waals surface area contributed by atoms with Gasteiger partial charge in [0.15, 0.2) is 5.13 Å². The van der Waals surface area contributed by atoms with Crippen molar-refractivity contribution in [2.45, 2.75) is 25.3 Å². The molecule has 0 radical (unpaired) electrons. The Morgan fingerprint density at radius 3 is 3.11 bits per heavy atom. The Bertz CT molecular complexity index is 527. The van der Waals surface area contributed by atoms with Gasteiger partial charge in [-0.25, -0.2) is 15.0 Å². The van der Waals surface area contributed by atoms with Crippen molar-refractivity contribution >= 4 is 16.5 Å². The summed E-state index contributed by atoms with van der Waals surface area (Å²) in [5, 5.41) is 0.652. The number of nitrogens with two attached hydrogens (primary N) is 1. The van der Waals surface area contributed by atoms with Crippen molar-refractivity contribution in [3.05, 3.63) is 35.4 Å². The molecular formula is C13H17N5S. The Hall–Kier alpha value is -1.53. The van der Waals surface area contributed by atoms with Crippen LogP contribution < -0.4 is 5.73 Å². The zero-order chi connectivity index (χ0) is 13.1. The number of piperidine rings is 1. The molecule has 1 atom stereocenters. The molecular weight excluding hydrogens is 258 g/mol. The quantitative estimate of drug-likeness (QED) is 0.926. The van der Waals surface area contributed by atoms with Crippen LogP contribution in [0.15, 0.2) is 24.8 Å². The number of hydrogen-bond donors (Lipinski definition) is 1. The Kier molecular flexibility index (Phi) is 3.70. The van der Waals surface area contributed by atoms with Crippen LogP contribution in [0.2, 0.25) is 0 Å². The van der Waals surface area contributed by atoms with Crippen molar-refractivity contribution in [1.29, 1.82) is 0 Å². The van der Waals surface area contributed by atoms with Crippen LogP contribution in [0.4, 0.5) is 5.13 Å². The first-order valence-electron chi connectivity index (χ1n) is 6.50. The summed E-state index contributed by atoms with van der Waals surface area (Å²) in [6.07, 6.45) is 7.76. The topological polar surface area (TPSA) is 67.9 Å². The van der Waals surface area contributed by atoms with Crippen LogP contribution in [0.5, 0.6) is 0 Å². The lowest BCUT2D eigenvalue weighted by atomic mass is 9.94. The second-order valence-corrected chi connectivity index (χ2v) is 6.02. The molecule has 2 aromatic heterocycles. The molecule has 3 rings (SSSR count). The predicted octanol–water partition coefficient (Wildman–Crippen LogP) is 1.89. The van der Waals surface area contributed by atoms with E-state index in [1.54, 1.807) is 17.7 Å². The largest absolute Gasteiger partial charge is 0.375 e. The minimum atomic E-state index is 0.516. The van der Waals surface area contributed by atoms with E-state index < -0.39 is 0 Å². The smallest absolute Gasteiger partial charge is 0.180 e.